The number of nitrogens with zero attached hydrogens (tertiary/aromatic N) is 1. The molecule has 0 aliphatic heterocycles. The fourth-order valence-electron chi connectivity index (χ4n) is 0.679. The second-order valence-electron chi connectivity index (χ2n) is 2.03. The highest BCUT2D eigenvalue weighted by molar-refractivity contribution is 7.80. The number of hydrogen-bond acceptors (Lipinski definition) is 2. The Kier molecular flexibility index (Phi) is 4.81. The monoisotopic (exact) mass is 191 g/mol. The highest BCUT2D eigenvalue weighted by Gasteiger charge is 1.94. The van der Waals surface area contributed by atoms with Crippen LogP contribution >= 0.6 is 24.6 Å². The zero-order chi connectivity index (χ0) is 7.40. The lowest BCUT2D eigenvalue weighted by molar-refractivity contribution is 0.992. The molecular formula is C6H10ClN3S. The summed E-state index contributed by atoms with van der Waals surface area (Å²) in [6, 6.07) is 0. The Morgan fingerprint density at radius 1 is 1.73 bits per heavy atom. The van der Waals surface area contributed by atoms with Gasteiger partial charge in [0.25, 0.3) is 0 Å². The van der Waals surface area contributed by atoms with E-state index in [-0.39, 0.29) is 12.4 Å². The van der Waals surface area contributed by atoms with Crippen LogP contribution in [0.15, 0.2) is 12.5 Å². The van der Waals surface area contributed by atoms with Crippen molar-refractivity contribution < 1.29 is 0 Å². The molecule has 0 spiro atoms. The summed E-state index contributed by atoms with van der Waals surface area (Å²) in [6.07, 6.45) is 5.06. The molecule has 0 aromatic carbocycles. The normalized spacial score (nSPS) is 8.73. The van der Waals surface area contributed by atoms with E-state index in [9.17, 15) is 0 Å². The second-order valence-corrected chi connectivity index (χ2v) is 2.55. The Bertz CT molecular complexity index is 210. The zero-order valence-corrected chi connectivity index (χ0v) is 7.54. The fraction of sp³-hybridized carbons (Fsp3) is 0.333. The summed E-state index contributed by atoms with van der Waals surface area (Å²) in [5.41, 5.74) is 6.31. The average molecular weight is 192 g/mol. The maximum atomic E-state index is 5.30. The van der Waals surface area contributed by atoms with Crippen LogP contribution in [0.3, 0.4) is 0 Å². The standard InChI is InChI=1S/C6H9N3S.ClH/c7-6(10)2-1-5-3-8-4-9-5;/h3-4H,1-2H2,(H2,7,10)(H,8,9);1H. The van der Waals surface area contributed by atoms with E-state index in [0.29, 0.717) is 4.99 Å². The Balaban J connectivity index is 0.000001000. The molecule has 1 rings (SSSR count). The third kappa shape index (κ3) is 3.95. The molecule has 0 saturated heterocycles. The van der Waals surface area contributed by atoms with E-state index in [4.69, 9.17) is 18.0 Å². The van der Waals surface area contributed by atoms with Gasteiger partial charge in [0.05, 0.1) is 17.0 Å². The SMILES string of the molecule is Cl.NC(=S)CCc1c[nH]cn1. The van der Waals surface area contributed by atoms with Crippen molar-refractivity contribution in [3.63, 3.8) is 0 Å². The van der Waals surface area contributed by atoms with Crippen molar-refractivity contribution in [2.24, 2.45) is 5.73 Å². The molecule has 62 valence electrons. The number of hydrogen-bond donors (Lipinski definition) is 2. The van der Waals surface area contributed by atoms with Crippen LogP contribution in [-0.4, -0.2) is 15.0 Å². The molecule has 0 bridgehead atoms. The average Bonchev–Trinajstić information content (AvgIpc) is 2.34. The van der Waals surface area contributed by atoms with Crippen LogP contribution in [0.25, 0.3) is 0 Å². The minimum absolute atomic E-state index is 0. The van der Waals surface area contributed by atoms with Gasteiger partial charge in [-0.05, 0) is 6.42 Å². The van der Waals surface area contributed by atoms with Gasteiger partial charge in [-0.1, -0.05) is 12.2 Å². The van der Waals surface area contributed by atoms with E-state index < -0.39 is 0 Å². The van der Waals surface area contributed by atoms with Crippen molar-refractivity contribution in [3.05, 3.63) is 18.2 Å². The molecule has 0 aliphatic carbocycles. The second kappa shape index (κ2) is 5.09. The summed E-state index contributed by atoms with van der Waals surface area (Å²) < 4.78 is 0. The van der Waals surface area contributed by atoms with Gasteiger partial charge in [-0.15, -0.1) is 12.4 Å². The first kappa shape index (κ1) is 10.4. The number of aromatic amines is 1. The summed E-state index contributed by atoms with van der Waals surface area (Å²) in [4.78, 5) is 7.42. The van der Waals surface area contributed by atoms with Gasteiger partial charge >= 0.3 is 0 Å². The molecule has 1 heterocycles. The van der Waals surface area contributed by atoms with Gasteiger partial charge in [0.2, 0.25) is 0 Å². The lowest BCUT2D eigenvalue weighted by Gasteiger charge is -1.92. The molecule has 5 heteroatoms. The lowest BCUT2D eigenvalue weighted by atomic mass is 10.2. The molecule has 3 N–H and O–H groups in total. The Hall–Kier alpha value is -0.610. The van der Waals surface area contributed by atoms with E-state index in [0.717, 1.165) is 18.5 Å². The Morgan fingerprint density at radius 2 is 2.45 bits per heavy atom. The molecule has 0 fully saturated rings. The van der Waals surface area contributed by atoms with E-state index in [1.165, 1.54) is 0 Å². The third-order valence-corrected chi connectivity index (χ3v) is 1.39. The van der Waals surface area contributed by atoms with Crippen LogP contribution in [0, 0.1) is 0 Å². The quantitative estimate of drug-likeness (QED) is 0.703. The zero-order valence-electron chi connectivity index (χ0n) is 5.91. The lowest BCUT2D eigenvalue weighted by Crippen LogP contribution is -2.08. The first-order chi connectivity index (χ1) is 4.79. The number of nitrogens with two attached hydrogens (primary N) is 1. The maximum absolute atomic E-state index is 5.30. The highest BCUT2D eigenvalue weighted by atomic mass is 35.5. The van der Waals surface area contributed by atoms with Gasteiger partial charge in [-0.3, -0.25) is 0 Å². The van der Waals surface area contributed by atoms with Crippen molar-refractivity contribution in [2.75, 3.05) is 0 Å². The van der Waals surface area contributed by atoms with Crippen LogP contribution in [0.4, 0.5) is 0 Å². The molecule has 0 aliphatic rings. The van der Waals surface area contributed by atoms with Gasteiger partial charge < -0.3 is 10.7 Å². The molecule has 3 nitrogen and oxygen atoms in total. The van der Waals surface area contributed by atoms with Crippen molar-refractivity contribution in [1.82, 2.24) is 9.97 Å². The maximum Gasteiger partial charge on any atom is 0.0923 e. The fourth-order valence-corrected chi connectivity index (χ4v) is 0.781. The minimum Gasteiger partial charge on any atom is -0.393 e. The number of aryl methyl sites for hydroxylation is 1. The number of thiocarbonyl (C=S) groups is 1. The van der Waals surface area contributed by atoms with E-state index in [2.05, 4.69) is 9.97 Å². The number of nitrogens with one attached hydrogen (secondary N) is 1. The number of rotatable bonds is 3. The summed E-state index contributed by atoms with van der Waals surface area (Å²) in [7, 11) is 0. The molecule has 0 unspecified atom stereocenters. The topological polar surface area (TPSA) is 54.7 Å². The van der Waals surface area contributed by atoms with Crippen LogP contribution in [0.1, 0.15) is 12.1 Å². The number of halogens is 1. The van der Waals surface area contributed by atoms with Gasteiger partial charge in [0.15, 0.2) is 0 Å². The van der Waals surface area contributed by atoms with Crippen molar-refractivity contribution in [3.8, 4) is 0 Å². The molecule has 0 atom stereocenters. The first-order valence-electron chi connectivity index (χ1n) is 3.05. The van der Waals surface area contributed by atoms with Crippen molar-refractivity contribution >= 4 is 29.6 Å². The van der Waals surface area contributed by atoms with Crippen LogP contribution in [0.2, 0.25) is 0 Å². The number of imidazole rings is 1. The summed E-state index contributed by atoms with van der Waals surface area (Å²) >= 11 is 4.71. The van der Waals surface area contributed by atoms with Crippen molar-refractivity contribution in [2.45, 2.75) is 12.8 Å². The molecule has 0 radical (unpaired) electrons. The molecule has 1 aromatic rings. The van der Waals surface area contributed by atoms with Gasteiger partial charge in [-0.2, -0.15) is 0 Å². The van der Waals surface area contributed by atoms with Crippen LogP contribution in [0.5, 0.6) is 0 Å². The Labute approximate surface area is 76.8 Å². The summed E-state index contributed by atoms with van der Waals surface area (Å²) in [5, 5.41) is 0. The van der Waals surface area contributed by atoms with E-state index in [1.807, 2.05) is 6.20 Å². The molecule has 0 amide bonds. The first-order valence-corrected chi connectivity index (χ1v) is 3.46. The van der Waals surface area contributed by atoms with Gasteiger partial charge in [0, 0.05) is 12.6 Å². The van der Waals surface area contributed by atoms with Crippen LogP contribution < -0.4 is 5.73 Å². The Morgan fingerprint density at radius 3 is 2.91 bits per heavy atom. The predicted octanol–water partition coefficient (Wildman–Crippen LogP) is 1.05. The number of H-pyrrole nitrogens is 1. The minimum atomic E-state index is 0. The van der Waals surface area contributed by atoms with Crippen LogP contribution in [-0.2, 0) is 6.42 Å². The van der Waals surface area contributed by atoms with E-state index >= 15 is 0 Å². The summed E-state index contributed by atoms with van der Waals surface area (Å²) in [6.45, 7) is 0. The largest absolute Gasteiger partial charge is 0.393 e. The van der Waals surface area contributed by atoms with E-state index in [1.54, 1.807) is 6.33 Å². The molecular weight excluding hydrogens is 182 g/mol. The highest BCUT2D eigenvalue weighted by Crippen LogP contribution is 1.95. The number of aromatic nitrogens is 2. The predicted molar refractivity (Wildman–Crippen MR) is 50.9 cm³/mol. The molecule has 1 aromatic heterocycles. The summed E-state index contributed by atoms with van der Waals surface area (Å²) in [5.74, 6) is 0. The third-order valence-electron chi connectivity index (χ3n) is 1.18. The van der Waals surface area contributed by atoms with Gasteiger partial charge in [-0.25, -0.2) is 4.98 Å². The smallest absolute Gasteiger partial charge is 0.0923 e. The molecule has 0 saturated carbocycles. The van der Waals surface area contributed by atoms with Gasteiger partial charge in [0.1, 0.15) is 0 Å². The van der Waals surface area contributed by atoms with Crippen molar-refractivity contribution in [1.29, 1.82) is 0 Å². The molecule has 11 heavy (non-hydrogen) atoms.